The van der Waals surface area contributed by atoms with E-state index < -0.39 is 0 Å². The second kappa shape index (κ2) is 5.90. The number of aromatic amines is 1. The molecule has 0 aliphatic heterocycles. The molecule has 0 radical (unpaired) electrons. The van der Waals surface area contributed by atoms with Gasteiger partial charge in [0.15, 0.2) is 5.78 Å². The van der Waals surface area contributed by atoms with Gasteiger partial charge >= 0.3 is 0 Å². The molecule has 0 fully saturated rings. The molecule has 0 bridgehead atoms. The Labute approximate surface area is 129 Å². The Kier molecular flexibility index (Phi) is 3.79. The molecule has 0 saturated heterocycles. The minimum absolute atomic E-state index is 0.0382. The van der Waals surface area contributed by atoms with Crippen molar-refractivity contribution >= 4 is 22.4 Å². The Bertz CT molecular complexity index is 844. The van der Waals surface area contributed by atoms with E-state index in [1.54, 1.807) is 13.0 Å². The van der Waals surface area contributed by atoms with Gasteiger partial charge in [0.25, 0.3) is 0 Å². The Morgan fingerprint density at radius 3 is 2.55 bits per heavy atom. The van der Waals surface area contributed by atoms with Crippen LogP contribution < -0.4 is 5.32 Å². The Balaban J connectivity index is 2.02. The molecule has 22 heavy (non-hydrogen) atoms. The zero-order chi connectivity index (χ0) is 15.5. The molecule has 0 atom stereocenters. The quantitative estimate of drug-likeness (QED) is 0.682. The number of allylic oxidation sites excluding steroid dienone is 2. The molecule has 0 aliphatic rings. The summed E-state index contributed by atoms with van der Waals surface area (Å²) >= 11 is 0. The number of hydrogen-bond donors (Lipinski definition) is 2. The first-order valence-corrected chi connectivity index (χ1v) is 7.26. The number of nitrogens with one attached hydrogen (secondary N) is 2. The normalized spacial score (nSPS) is 11.6. The van der Waals surface area contributed by atoms with Crippen molar-refractivity contribution in [3.05, 3.63) is 66.4 Å². The van der Waals surface area contributed by atoms with Crippen molar-refractivity contribution < 1.29 is 4.79 Å². The number of anilines is 1. The van der Waals surface area contributed by atoms with Crippen LogP contribution in [0.1, 0.15) is 13.8 Å². The molecule has 0 amide bonds. The lowest BCUT2D eigenvalue weighted by Crippen LogP contribution is -1.98. The lowest BCUT2D eigenvalue weighted by Gasteiger charge is -2.07. The largest absolute Gasteiger partial charge is 0.358 e. The number of H-pyrrole nitrogens is 1. The van der Waals surface area contributed by atoms with Gasteiger partial charge in [-0.25, -0.2) is 0 Å². The van der Waals surface area contributed by atoms with Crippen LogP contribution in [0.3, 0.4) is 0 Å². The van der Waals surface area contributed by atoms with Gasteiger partial charge in [-0.05, 0) is 43.7 Å². The molecule has 1 aromatic heterocycles. The number of carbonyl (C=O) groups excluding carboxylic acids is 1. The molecule has 3 rings (SSSR count). The maximum Gasteiger partial charge on any atom is 0.154 e. The average Bonchev–Trinajstić information content (AvgIpc) is 2.92. The van der Waals surface area contributed by atoms with Crippen molar-refractivity contribution in [3.63, 3.8) is 0 Å². The number of carbonyl (C=O) groups is 1. The molecule has 0 unspecified atom stereocenters. The van der Waals surface area contributed by atoms with Gasteiger partial charge in [-0.2, -0.15) is 0 Å². The summed E-state index contributed by atoms with van der Waals surface area (Å²) < 4.78 is 0. The predicted molar refractivity (Wildman–Crippen MR) is 91.8 cm³/mol. The molecular formula is C19H18N2O. The summed E-state index contributed by atoms with van der Waals surface area (Å²) in [4.78, 5) is 14.6. The first kappa shape index (κ1) is 14.1. The van der Waals surface area contributed by atoms with E-state index in [4.69, 9.17) is 0 Å². The molecule has 3 nitrogen and oxygen atoms in total. The van der Waals surface area contributed by atoms with E-state index in [9.17, 15) is 4.79 Å². The fourth-order valence-electron chi connectivity index (χ4n) is 2.59. The van der Waals surface area contributed by atoms with E-state index in [-0.39, 0.29) is 5.78 Å². The van der Waals surface area contributed by atoms with Gasteiger partial charge in [0.2, 0.25) is 0 Å². The molecule has 0 saturated carbocycles. The van der Waals surface area contributed by atoms with E-state index in [0.717, 1.165) is 33.5 Å². The number of fused-ring (bicyclic) bond motifs is 1. The minimum atomic E-state index is 0.0382. The average molecular weight is 290 g/mol. The van der Waals surface area contributed by atoms with E-state index >= 15 is 0 Å². The van der Waals surface area contributed by atoms with Crippen LogP contribution in [0.2, 0.25) is 0 Å². The summed E-state index contributed by atoms with van der Waals surface area (Å²) in [6.45, 7) is 3.45. The van der Waals surface area contributed by atoms with Crippen molar-refractivity contribution in [2.45, 2.75) is 13.8 Å². The third-order valence-corrected chi connectivity index (χ3v) is 3.50. The van der Waals surface area contributed by atoms with Crippen LogP contribution in [0.4, 0.5) is 5.69 Å². The molecule has 2 aromatic carbocycles. The van der Waals surface area contributed by atoms with Crippen LogP contribution in [0.5, 0.6) is 0 Å². The van der Waals surface area contributed by atoms with Crippen molar-refractivity contribution in [1.29, 1.82) is 0 Å². The number of hydrogen-bond acceptors (Lipinski definition) is 2. The number of rotatable bonds is 4. The molecule has 2 N–H and O–H groups in total. The van der Waals surface area contributed by atoms with Gasteiger partial charge in [0.05, 0.1) is 0 Å². The van der Waals surface area contributed by atoms with E-state index in [1.807, 2.05) is 37.3 Å². The highest BCUT2D eigenvalue weighted by atomic mass is 16.1. The Morgan fingerprint density at radius 2 is 1.82 bits per heavy atom. The highest BCUT2D eigenvalue weighted by Gasteiger charge is 2.07. The van der Waals surface area contributed by atoms with Crippen LogP contribution >= 0.6 is 0 Å². The second-order valence-electron chi connectivity index (χ2n) is 5.38. The number of benzene rings is 2. The standard InChI is InChI=1S/C19H18N2O/c1-13(11-14(2)22)20-17-9-6-10-18-16(17)12-19(21-18)15-7-4-3-5-8-15/h3-12,20-21H,1-2H3. The summed E-state index contributed by atoms with van der Waals surface area (Å²) in [6, 6.07) is 18.4. The monoisotopic (exact) mass is 290 g/mol. The highest BCUT2D eigenvalue weighted by Crippen LogP contribution is 2.29. The van der Waals surface area contributed by atoms with Crippen LogP contribution in [0.25, 0.3) is 22.2 Å². The van der Waals surface area contributed by atoms with Gasteiger partial charge in [-0.15, -0.1) is 0 Å². The van der Waals surface area contributed by atoms with Gasteiger partial charge < -0.3 is 10.3 Å². The molecule has 1 heterocycles. The maximum atomic E-state index is 11.2. The van der Waals surface area contributed by atoms with Gasteiger partial charge in [0, 0.05) is 28.0 Å². The van der Waals surface area contributed by atoms with Crippen LogP contribution in [-0.4, -0.2) is 10.8 Å². The lowest BCUT2D eigenvalue weighted by atomic mass is 10.1. The topological polar surface area (TPSA) is 44.9 Å². The van der Waals surface area contributed by atoms with E-state index in [0.29, 0.717) is 0 Å². The van der Waals surface area contributed by atoms with Crippen LogP contribution in [0.15, 0.2) is 66.4 Å². The lowest BCUT2D eigenvalue weighted by molar-refractivity contribution is -0.112. The number of aromatic nitrogens is 1. The van der Waals surface area contributed by atoms with Gasteiger partial charge in [-0.1, -0.05) is 36.4 Å². The molecule has 0 spiro atoms. The molecule has 3 heteroatoms. The van der Waals surface area contributed by atoms with Crippen molar-refractivity contribution in [1.82, 2.24) is 4.98 Å². The second-order valence-corrected chi connectivity index (χ2v) is 5.38. The summed E-state index contributed by atoms with van der Waals surface area (Å²) in [5.74, 6) is 0.0382. The van der Waals surface area contributed by atoms with Crippen LogP contribution in [-0.2, 0) is 4.79 Å². The summed E-state index contributed by atoms with van der Waals surface area (Å²) in [7, 11) is 0. The molecule has 0 aliphatic carbocycles. The van der Waals surface area contributed by atoms with Crippen molar-refractivity contribution in [3.8, 4) is 11.3 Å². The SMILES string of the molecule is CC(=O)C=C(C)Nc1cccc2[nH]c(-c3ccccc3)cc12. The molecule has 3 aromatic rings. The maximum absolute atomic E-state index is 11.2. The summed E-state index contributed by atoms with van der Waals surface area (Å²) in [5, 5.41) is 4.41. The highest BCUT2D eigenvalue weighted by molar-refractivity contribution is 5.96. The third kappa shape index (κ3) is 2.93. The first-order chi connectivity index (χ1) is 10.6. The van der Waals surface area contributed by atoms with Gasteiger partial charge in [0.1, 0.15) is 0 Å². The Morgan fingerprint density at radius 1 is 1.05 bits per heavy atom. The zero-order valence-corrected chi connectivity index (χ0v) is 12.7. The smallest absolute Gasteiger partial charge is 0.154 e. The molecule has 110 valence electrons. The fraction of sp³-hybridized carbons (Fsp3) is 0.105. The third-order valence-electron chi connectivity index (χ3n) is 3.50. The Hall–Kier alpha value is -2.81. The fourth-order valence-corrected chi connectivity index (χ4v) is 2.59. The number of ketones is 1. The summed E-state index contributed by atoms with van der Waals surface area (Å²) in [6.07, 6.45) is 1.60. The first-order valence-electron chi connectivity index (χ1n) is 7.26. The van der Waals surface area contributed by atoms with E-state index in [1.165, 1.54) is 0 Å². The molecular weight excluding hydrogens is 272 g/mol. The van der Waals surface area contributed by atoms with E-state index in [2.05, 4.69) is 34.6 Å². The minimum Gasteiger partial charge on any atom is -0.358 e. The zero-order valence-electron chi connectivity index (χ0n) is 12.7. The van der Waals surface area contributed by atoms with Crippen molar-refractivity contribution in [2.75, 3.05) is 5.32 Å². The predicted octanol–water partition coefficient (Wildman–Crippen LogP) is 4.74. The van der Waals surface area contributed by atoms with Gasteiger partial charge in [-0.3, -0.25) is 4.79 Å². The van der Waals surface area contributed by atoms with Crippen LogP contribution in [0, 0.1) is 0 Å². The summed E-state index contributed by atoms with van der Waals surface area (Å²) in [5.41, 5.74) is 5.13. The van der Waals surface area contributed by atoms with Crippen molar-refractivity contribution in [2.24, 2.45) is 0 Å².